The molecule has 1 aliphatic rings. The molecule has 1 atom stereocenters. The maximum atomic E-state index is 10.3. The van der Waals surface area contributed by atoms with E-state index in [4.69, 9.17) is 11.6 Å². The van der Waals surface area contributed by atoms with E-state index < -0.39 is 6.10 Å². The molecule has 1 aromatic rings. The van der Waals surface area contributed by atoms with E-state index in [1.807, 2.05) is 24.3 Å². The maximum Gasteiger partial charge on any atom is 0.0931 e. The molecule has 1 aromatic carbocycles. The van der Waals surface area contributed by atoms with Gasteiger partial charge < -0.3 is 15.1 Å². The molecule has 3 nitrogen and oxygen atoms in total. The van der Waals surface area contributed by atoms with Crippen LogP contribution >= 0.6 is 11.6 Å². The van der Waals surface area contributed by atoms with Crippen molar-refractivity contribution in [2.24, 2.45) is 5.41 Å². The smallest absolute Gasteiger partial charge is 0.0931 e. The van der Waals surface area contributed by atoms with Gasteiger partial charge in [-0.3, -0.25) is 0 Å². The first-order valence-electron chi connectivity index (χ1n) is 7.36. The number of β-amino-alcohol motifs (C(OH)–C–C–N with tert-alkyl or cyclic N) is 1. The van der Waals surface area contributed by atoms with Crippen molar-refractivity contribution in [3.8, 4) is 0 Å². The van der Waals surface area contributed by atoms with Crippen LogP contribution in [-0.4, -0.2) is 41.4 Å². The molecule has 1 aliphatic heterocycles. The summed E-state index contributed by atoms with van der Waals surface area (Å²) in [5.74, 6) is 0. The second-order valence-electron chi connectivity index (χ2n) is 5.85. The summed E-state index contributed by atoms with van der Waals surface area (Å²) in [7, 11) is 0. The summed E-state index contributed by atoms with van der Waals surface area (Å²) < 4.78 is 0. The van der Waals surface area contributed by atoms with Crippen LogP contribution in [0.5, 0.6) is 0 Å². The maximum absolute atomic E-state index is 10.3. The first-order valence-corrected chi connectivity index (χ1v) is 7.74. The van der Waals surface area contributed by atoms with Crippen LogP contribution in [0.15, 0.2) is 24.3 Å². The highest BCUT2D eigenvalue weighted by atomic mass is 35.5. The minimum absolute atomic E-state index is 0.0891. The van der Waals surface area contributed by atoms with Crippen LogP contribution in [0.2, 0.25) is 5.02 Å². The molecule has 0 spiro atoms. The van der Waals surface area contributed by atoms with Gasteiger partial charge in [0, 0.05) is 23.7 Å². The number of aliphatic hydroxyl groups excluding tert-OH is 2. The van der Waals surface area contributed by atoms with Crippen LogP contribution in [0.25, 0.3) is 0 Å². The van der Waals surface area contributed by atoms with Gasteiger partial charge in [-0.25, -0.2) is 0 Å². The largest absolute Gasteiger partial charge is 0.396 e. The molecule has 1 saturated heterocycles. The number of likely N-dealkylation sites (tertiary alicyclic amines) is 1. The molecule has 1 heterocycles. The third kappa shape index (κ3) is 3.53. The summed E-state index contributed by atoms with van der Waals surface area (Å²) in [5, 5.41) is 20.5. The van der Waals surface area contributed by atoms with Crippen LogP contribution in [-0.2, 0) is 0 Å². The number of rotatable bonds is 5. The van der Waals surface area contributed by atoms with Gasteiger partial charge in [0.15, 0.2) is 0 Å². The summed E-state index contributed by atoms with van der Waals surface area (Å²) in [6, 6.07) is 7.45. The highest BCUT2D eigenvalue weighted by molar-refractivity contribution is 6.31. The molecule has 112 valence electrons. The van der Waals surface area contributed by atoms with Crippen LogP contribution in [0, 0.1) is 5.41 Å². The van der Waals surface area contributed by atoms with Gasteiger partial charge in [0.05, 0.1) is 6.10 Å². The minimum Gasteiger partial charge on any atom is -0.396 e. The van der Waals surface area contributed by atoms with Gasteiger partial charge in [0.2, 0.25) is 0 Å². The Labute approximate surface area is 126 Å². The van der Waals surface area contributed by atoms with E-state index in [1.165, 1.54) is 0 Å². The fourth-order valence-electron chi connectivity index (χ4n) is 2.92. The molecule has 20 heavy (non-hydrogen) atoms. The van der Waals surface area contributed by atoms with Crippen LogP contribution in [0.3, 0.4) is 0 Å². The van der Waals surface area contributed by atoms with Crippen molar-refractivity contribution >= 4 is 11.6 Å². The number of benzene rings is 1. The Bertz CT molecular complexity index is 424. The van der Waals surface area contributed by atoms with Gasteiger partial charge in [-0.05, 0) is 43.8 Å². The fourth-order valence-corrected chi connectivity index (χ4v) is 3.18. The standard InChI is InChI=1S/C16H24ClNO2/c1-2-16(12-19)7-9-18(10-8-16)11-15(20)13-5-3-4-6-14(13)17/h3-6,15,19-20H,2,7-12H2,1H3. The lowest BCUT2D eigenvalue weighted by Crippen LogP contribution is -2.43. The highest BCUT2D eigenvalue weighted by Gasteiger charge is 2.32. The second-order valence-corrected chi connectivity index (χ2v) is 6.26. The van der Waals surface area contributed by atoms with Crippen molar-refractivity contribution in [3.63, 3.8) is 0 Å². The number of aliphatic hydroxyl groups is 2. The molecule has 1 fully saturated rings. The van der Waals surface area contributed by atoms with E-state index in [0.717, 1.165) is 37.9 Å². The van der Waals surface area contributed by atoms with Crippen molar-refractivity contribution in [1.29, 1.82) is 0 Å². The third-order valence-corrected chi connectivity index (χ3v) is 5.04. The number of piperidine rings is 1. The molecule has 4 heteroatoms. The minimum atomic E-state index is -0.549. The van der Waals surface area contributed by atoms with Gasteiger partial charge in [-0.2, -0.15) is 0 Å². The lowest BCUT2D eigenvalue weighted by molar-refractivity contribution is 0.0216. The topological polar surface area (TPSA) is 43.7 Å². The van der Waals surface area contributed by atoms with Gasteiger partial charge in [-0.1, -0.05) is 36.7 Å². The summed E-state index contributed by atoms with van der Waals surface area (Å²) in [6.45, 7) is 4.87. The zero-order valence-electron chi connectivity index (χ0n) is 12.1. The second kappa shape index (κ2) is 6.90. The summed E-state index contributed by atoms with van der Waals surface area (Å²) >= 11 is 6.12. The normalized spacial score (nSPS) is 20.8. The Kier molecular flexibility index (Phi) is 5.44. The molecule has 2 N–H and O–H groups in total. The van der Waals surface area contributed by atoms with Crippen molar-refractivity contribution in [1.82, 2.24) is 4.90 Å². The van der Waals surface area contributed by atoms with E-state index in [1.54, 1.807) is 0 Å². The lowest BCUT2D eigenvalue weighted by atomic mass is 9.77. The number of hydrogen-bond donors (Lipinski definition) is 2. The lowest BCUT2D eigenvalue weighted by Gasteiger charge is -2.40. The van der Waals surface area contributed by atoms with E-state index in [9.17, 15) is 10.2 Å². The van der Waals surface area contributed by atoms with Crippen LogP contribution in [0.4, 0.5) is 0 Å². The number of halogens is 1. The Morgan fingerprint density at radius 1 is 1.30 bits per heavy atom. The Morgan fingerprint density at radius 3 is 2.50 bits per heavy atom. The number of nitrogens with zero attached hydrogens (tertiary/aromatic N) is 1. The number of hydrogen-bond acceptors (Lipinski definition) is 3. The molecule has 0 bridgehead atoms. The predicted molar refractivity (Wildman–Crippen MR) is 81.9 cm³/mol. The molecule has 2 rings (SSSR count). The van der Waals surface area contributed by atoms with Crippen LogP contribution < -0.4 is 0 Å². The molecular formula is C16H24ClNO2. The zero-order valence-corrected chi connectivity index (χ0v) is 12.8. The van der Waals surface area contributed by atoms with Gasteiger partial charge in [0.25, 0.3) is 0 Å². The SMILES string of the molecule is CCC1(CO)CCN(CC(O)c2ccccc2Cl)CC1. The Hall–Kier alpha value is -0.610. The molecule has 0 aromatic heterocycles. The third-order valence-electron chi connectivity index (χ3n) is 4.70. The quantitative estimate of drug-likeness (QED) is 0.878. The van der Waals surface area contributed by atoms with Gasteiger partial charge in [-0.15, -0.1) is 0 Å². The average molecular weight is 298 g/mol. The van der Waals surface area contributed by atoms with E-state index in [-0.39, 0.29) is 12.0 Å². The summed E-state index contributed by atoms with van der Waals surface area (Å²) in [5.41, 5.74) is 0.884. The molecule has 0 radical (unpaired) electrons. The summed E-state index contributed by atoms with van der Waals surface area (Å²) in [6.07, 6.45) is 2.46. The molecular weight excluding hydrogens is 274 g/mol. The van der Waals surface area contributed by atoms with Gasteiger partial charge in [0.1, 0.15) is 0 Å². The van der Waals surface area contributed by atoms with Crippen molar-refractivity contribution in [2.75, 3.05) is 26.2 Å². The van der Waals surface area contributed by atoms with E-state index in [0.29, 0.717) is 11.6 Å². The Morgan fingerprint density at radius 2 is 1.95 bits per heavy atom. The summed E-state index contributed by atoms with van der Waals surface area (Å²) in [4.78, 5) is 2.26. The average Bonchev–Trinajstić information content (AvgIpc) is 2.49. The van der Waals surface area contributed by atoms with Crippen molar-refractivity contribution in [3.05, 3.63) is 34.9 Å². The van der Waals surface area contributed by atoms with Gasteiger partial charge >= 0.3 is 0 Å². The first-order chi connectivity index (χ1) is 9.60. The molecule has 0 amide bonds. The van der Waals surface area contributed by atoms with Crippen molar-refractivity contribution in [2.45, 2.75) is 32.3 Å². The van der Waals surface area contributed by atoms with E-state index in [2.05, 4.69) is 11.8 Å². The molecule has 0 saturated carbocycles. The monoisotopic (exact) mass is 297 g/mol. The molecule has 0 aliphatic carbocycles. The van der Waals surface area contributed by atoms with Crippen molar-refractivity contribution < 1.29 is 10.2 Å². The molecule has 1 unspecified atom stereocenters. The fraction of sp³-hybridized carbons (Fsp3) is 0.625. The highest BCUT2D eigenvalue weighted by Crippen LogP contribution is 2.35. The van der Waals surface area contributed by atoms with E-state index >= 15 is 0 Å². The zero-order chi connectivity index (χ0) is 14.6. The predicted octanol–water partition coefficient (Wildman–Crippen LogP) is 2.86. The Balaban J connectivity index is 1.91. The van der Waals surface area contributed by atoms with Crippen LogP contribution in [0.1, 0.15) is 37.9 Å². The first kappa shape index (κ1) is 15.8.